The lowest BCUT2D eigenvalue weighted by molar-refractivity contribution is -0.134. The number of amides is 1. The highest BCUT2D eigenvalue weighted by molar-refractivity contribution is 7.99. The van der Waals surface area contributed by atoms with Crippen LogP contribution in [0, 0.1) is 0 Å². The molecule has 0 bridgehead atoms. The zero-order valence-electron chi connectivity index (χ0n) is 15.7. The molecule has 25 heavy (non-hydrogen) atoms. The van der Waals surface area contributed by atoms with Gasteiger partial charge in [-0.25, -0.2) is 0 Å². The van der Waals surface area contributed by atoms with E-state index in [4.69, 9.17) is 4.74 Å². The van der Waals surface area contributed by atoms with Gasteiger partial charge < -0.3 is 9.64 Å². The van der Waals surface area contributed by atoms with Gasteiger partial charge in [0, 0.05) is 29.0 Å². The van der Waals surface area contributed by atoms with E-state index < -0.39 is 0 Å². The Hall–Kier alpha value is -1.49. The molecule has 0 radical (unpaired) electrons. The Morgan fingerprint density at radius 3 is 2.52 bits per heavy atom. The second kappa shape index (κ2) is 9.27. The third kappa shape index (κ3) is 5.24. The number of rotatable bonds is 7. The standard InChI is InChI=1S/C20H29NO3S/c1-5-24-19-10-9-17(16(4)22)11-18(19)12-25-13-20(23)21-14(2)7-6-8-15(21)3/h9-11,14-15H,5-8,12-13H2,1-4H3. The van der Waals surface area contributed by atoms with Crippen LogP contribution in [0.2, 0.25) is 0 Å². The van der Waals surface area contributed by atoms with Gasteiger partial charge in [0.05, 0.1) is 12.4 Å². The lowest BCUT2D eigenvalue weighted by Crippen LogP contribution is -2.48. The maximum atomic E-state index is 12.6. The summed E-state index contributed by atoms with van der Waals surface area (Å²) in [5, 5.41) is 0. The Morgan fingerprint density at radius 1 is 1.24 bits per heavy atom. The number of hydrogen-bond donors (Lipinski definition) is 0. The minimum Gasteiger partial charge on any atom is -0.494 e. The molecule has 0 aliphatic carbocycles. The van der Waals surface area contributed by atoms with Crippen molar-refractivity contribution in [3.05, 3.63) is 29.3 Å². The first kappa shape index (κ1) is 19.8. The largest absolute Gasteiger partial charge is 0.494 e. The Balaban J connectivity index is 1.99. The van der Waals surface area contributed by atoms with E-state index in [1.54, 1.807) is 24.8 Å². The summed E-state index contributed by atoms with van der Waals surface area (Å²) in [6.45, 7) is 8.37. The van der Waals surface area contributed by atoms with Crippen molar-refractivity contribution in [1.29, 1.82) is 0 Å². The first-order chi connectivity index (χ1) is 11.9. The van der Waals surface area contributed by atoms with Crippen LogP contribution in [0.15, 0.2) is 18.2 Å². The Kier molecular flexibility index (Phi) is 7.36. The summed E-state index contributed by atoms with van der Waals surface area (Å²) in [6, 6.07) is 6.20. The molecule has 1 aromatic rings. The number of carbonyl (C=O) groups is 2. The molecule has 1 fully saturated rings. The number of ether oxygens (including phenoxy) is 1. The zero-order valence-corrected chi connectivity index (χ0v) is 16.5. The summed E-state index contributed by atoms with van der Waals surface area (Å²) in [6.07, 6.45) is 3.39. The van der Waals surface area contributed by atoms with Crippen molar-refractivity contribution in [2.75, 3.05) is 12.4 Å². The molecule has 4 nitrogen and oxygen atoms in total. The number of hydrogen-bond acceptors (Lipinski definition) is 4. The molecular weight excluding hydrogens is 334 g/mol. The van der Waals surface area contributed by atoms with Crippen LogP contribution >= 0.6 is 11.8 Å². The van der Waals surface area contributed by atoms with Gasteiger partial charge in [-0.15, -0.1) is 11.8 Å². The molecule has 0 saturated carbocycles. The van der Waals surface area contributed by atoms with Crippen molar-refractivity contribution in [3.63, 3.8) is 0 Å². The summed E-state index contributed by atoms with van der Waals surface area (Å²) < 4.78 is 5.66. The van der Waals surface area contributed by atoms with Crippen molar-refractivity contribution in [3.8, 4) is 5.75 Å². The maximum absolute atomic E-state index is 12.6. The molecule has 1 heterocycles. The van der Waals surface area contributed by atoms with E-state index in [0.29, 0.717) is 35.8 Å². The molecule has 0 aromatic heterocycles. The number of piperidine rings is 1. The molecule has 5 heteroatoms. The van der Waals surface area contributed by atoms with Crippen LogP contribution in [-0.4, -0.2) is 41.0 Å². The molecule has 1 saturated heterocycles. The van der Waals surface area contributed by atoms with E-state index >= 15 is 0 Å². The Morgan fingerprint density at radius 2 is 1.92 bits per heavy atom. The van der Waals surface area contributed by atoms with Gasteiger partial charge >= 0.3 is 0 Å². The quantitative estimate of drug-likeness (QED) is 0.677. The molecule has 0 spiro atoms. The molecule has 2 rings (SSSR count). The predicted octanol–water partition coefficient (Wildman–Crippen LogP) is 4.31. The second-order valence-corrected chi connectivity index (χ2v) is 7.72. The molecule has 1 aliphatic heterocycles. The predicted molar refractivity (Wildman–Crippen MR) is 103 cm³/mol. The molecular formula is C20H29NO3S. The first-order valence-corrected chi connectivity index (χ1v) is 10.2. The number of carbonyl (C=O) groups excluding carboxylic acids is 2. The molecule has 138 valence electrons. The SMILES string of the molecule is CCOc1ccc(C(C)=O)cc1CSCC(=O)N1C(C)CCCC1C. The van der Waals surface area contributed by atoms with Crippen LogP contribution in [0.3, 0.4) is 0 Å². The number of ketones is 1. The monoisotopic (exact) mass is 363 g/mol. The minimum atomic E-state index is 0.0429. The van der Waals surface area contributed by atoms with Gasteiger partial charge in [-0.1, -0.05) is 0 Å². The maximum Gasteiger partial charge on any atom is 0.233 e. The highest BCUT2D eigenvalue weighted by Crippen LogP contribution is 2.27. The average molecular weight is 364 g/mol. The number of thioether (sulfide) groups is 1. The molecule has 0 N–H and O–H groups in total. The molecule has 2 atom stereocenters. The summed E-state index contributed by atoms with van der Waals surface area (Å²) in [5.41, 5.74) is 1.66. The topological polar surface area (TPSA) is 46.6 Å². The molecule has 1 aliphatic rings. The summed E-state index contributed by atoms with van der Waals surface area (Å²) in [4.78, 5) is 26.3. The van der Waals surface area contributed by atoms with Crippen LogP contribution in [0.5, 0.6) is 5.75 Å². The number of Topliss-reactive ketones (excluding diaryl/α,β-unsaturated/α-hetero) is 1. The van der Waals surface area contributed by atoms with Gasteiger partial charge in [0.15, 0.2) is 5.78 Å². The number of benzene rings is 1. The van der Waals surface area contributed by atoms with Crippen LogP contribution in [0.25, 0.3) is 0 Å². The number of likely N-dealkylation sites (tertiary alicyclic amines) is 1. The van der Waals surface area contributed by atoms with E-state index in [2.05, 4.69) is 13.8 Å². The normalized spacial score (nSPS) is 20.4. The lowest BCUT2D eigenvalue weighted by Gasteiger charge is -2.39. The van der Waals surface area contributed by atoms with Crippen LogP contribution < -0.4 is 4.74 Å². The van der Waals surface area contributed by atoms with Crippen LogP contribution in [-0.2, 0) is 10.5 Å². The van der Waals surface area contributed by atoms with E-state index in [-0.39, 0.29) is 11.7 Å². The van der Waals surface area contributed by atoms with Gasteiger partial charge in [-0.2, -0.15) is 0 Å². The van der Waals surface area contributed by atoms with Gasteiger partial charge in [0.1, 0.15) is 5.75 Å². The van der Waals surface area contributed by atoms with E-state index in [0.717, 1.165) is 24.2 Å². The highest BCUT2D eigenvalue weighted by atomic mass is 32.2. The van der Waals surface area contributed by atoms with Crippen molar-refractivity contribution in [2.45, 2.75) is 64.8 Å². The summed E-state index contributed by atoms with van der Waals surface area (Å²) >= 11 is 1.59. The summed E-state index contributed by atoms with van der Waals surface area (Å²) in [5.74, 6) is 2.18. The minimum absolute atomic E-state index is 0.0429. The van der Waals surface area contributed by atoms with Crippen LogP contribution in [0.1, 0.15) is 62.9 Å². The number of nitrogens with zero attached hydrogens (tertiary/aromatic N) is 1. The average Bonchev–Trinajstić information content (AvgIpc) is 2.56. The highest BCUT2D eigenvalue weighted by Gasteiger charge is 2.28. The van der Waals surface area contributed by atoms with Crippen LogP contribution in [0.4, 0.5) is 0 Å². The van der Waals surface area contributed by atoms with Crippen molar-refractivity contribution in [2.24, 2.45) is 0 Å². The fourth-order valence-corrected chi connectivity index (χ4v) is 4.31. The molecule has 1 amide bonds. The Bertz CT molecular complexity index is 607. The third-order valence-corrected chi connectivity index (χ3v) is 5.70. The Labute approximate surface area is 155 Å². The van der Waals surface area contributed by atoms with Crippen molar-refractivity contribution in [1.82, 2.24) is 4.90 Å². The molecule has 2 unspecified atom stereocenters. The van der Waals surface area contributed by atoms with Crippen molar-refractivity contribution >= 4 is 23.5 Å². The van der Waals surface area contributed by atoms with E-state index in [9.17, 15) is 9.59 Å². The van der Waals surface area contributed by atoms with E-state index in [1.165, 1.54) is 6.42 Å². The van der Waals surface area contributed by atoms with Gasteiger partial charge in [0.2, 0.25) is 5.91 Å². The fourth-order valence-electron chi connectivity index (χ4n) is 3.44. The summed E-state index contributed by atoms with van der Waals surface area (Å²) in [7, 11) is 0. The van der Waals surface area contributed by atoms with E-state index in [1.807, 2.05) is 24.0 Å². The second-order valence-electron chi connectivity index (χ2n) is 6.73. The van der Waals surface area contributed by atoms with Crippen molar-refractivity contribution < 1.29 is 14.3 Å². The fraction of sp³-hybridized carbons (Fsp3) is 0.600. The van der Waals surface area contributed by atoms with Gasteiger partial charge in [-0.3, -0.25) is 9.59 Å². The van der Waals surface area contributed by atoms with Gasteiger partial charge in [-0.05, 0) is 65.2 Å². The first-order valence-electron chi connectivity index (χ1n) is 9.09. The molecule has 1 aromatic carbocycles. The smallest absolute Gasteiger partial charge is 0.233 e. The lowest BCUT2D eigenvalue weighted by atomic mass is 9.98. The third-order valence-electron chi connectivity index (χ3n) is 4.73. The zero-order chi connectivity index (χ0) is 18.4. The van der Waals surface area contributed by atoms with Gasteiger partial charge in [0.25, 0.3) is 0 Å².